The highest BCUT2D eigenvalue weighted by atomic mass is 16.2. The third kappa shape index (κ3) is 2.99. The van der Waals surface area contributed by atoms with Crippen molar-refractivity contribution < 1.29 is 9.59 Å². The van der Waals surface area contributed by atoms with E-state index in [0.717, 1.165) is 25.8 Å². The van der Waals surface area contributed by atoms with Crippen molar-refractivity contribution in [2.24, 2.45) is 5.73 Å². The van der Waals surface area contributed by atoms with Crippen LogP contribution < -0.4 is 16.4 Å². The molecule has 1 saturated heterocycles. The van der Waals surface area contributed by atoms with Crippen LogP contribution >= 0.6 is 0 Å². The topological polar surface area (TPSA) is 84.2 Å². The van der Waals surface area contributed by atoms with Crippen molar-refractivity contribution in [3.05, 3.63) is 0 Å². The molecule has 0 aromatic heterocycles. The predicted molar refractivity (Wildman–Crippen MR) is 52.4 cm³/mol. The molecule has 1 heterocycles. The largest absolute Gasteiger partial charge is 0.368 e. The second-order valence-corrected chi connectivity index (χ2v) is 3.64. The summed E-state index contributed by atoms with van der Waals surface area (Å²) in [4.78, 5) is 22.2. The van der Waals surface area contributed by atoms with Crippen molar-refractivity contribution in [1.82, 2.24) is 10.6 Å². The zero-order valence-corrected chi connectivity index (χ0v) is 8.38. The Morgan fingerprint density at radius 1 is 1.50 bits per heavy atom. The normalized spacial score (nSPS) is 23.9. The van der Waals surface area contributed by atoms with E-state index in [0.29, 0.717) is 0 Å². The van der Waals surface area contributed by atoms with Crippen LogP contribution in [0.25, 0.3) is 0 Å². The van der Waals surface area contributed by atoms with Gasteiger partial charge in [0.1, 0.15) is 6.04 Å². The lowest BCUT2D eigenvalue weighted by molar-refractivity contribution is -0.128. The summed E-state index contributed by atoms with van der Waals surface area (Å²) in [7, 11) is 0. The molecule has 0 aliphatic carbocycles. The van der Waals surface area contributed by atoms with Crippen LogP contribution in [0.3, 0.4) is 0 Å². The average molecular weight is 199 g/mol. The number of carbonyl (C=O) groups excluding carboxylic acids is 2. The van der Waals surface area contributed by atoms with E-state index in [-0.39, 0.29) is 11.9 Å². The highest BCUT2D eigenvalue weighted by molar-refractivity contribution is 5.88. The molecule has 14 heavy (non-hydrogen) atoms. The summed E-state index contributed by atoms with van der Waals surface area (Å²) in [5.41, 5.74) is 5.04. The Balaban J connectivity index is 2.36. The lowest BCUT2D eigenvalue weighted by Gasteiger charge is -2.23. The van der Waals surface area contributed by atoms with Crippen molar-refractivity contribution in [1.29, 1.82) is 0 Å². The van der Waals surface area contributed by atoms with Crippen LogP contribution in [0.5, 0.6) is 0 Å². The maximum absolute atomic E-state index is 11.5. The molecular formula is C9H17N3O2. The Kier molecular flexibility index (Phi) is 3.88. The van der Waals surface area contributed by atoms with Crippen molar-refractivity contribution in [3.8, 4) is 0 Å². The minimum Gasteiger partial charge on any atom is -0.368 e. The molecule has 0 spiro atoms. The van der Waals surface area contributed by atoms with Crippen LogP contribution in [0.1, 0.15) is 26.2 Å². The summed E-state index contributed by atoms with van der Waals surface area (Å²) in [6.07, 6.45) is 2.99. The Morgan fingerprint density at radius 3 is 2.71 bits per heavy atom. The Labute approximate surface area is 83.4 Å². The number of amides is 2. The third-order valence-corrected chi connectivity index (χ3v) is 2.41. The van der Waals surface area contributed by atoms with Gasteiger partial charge in [-0.15, -0.1) is 0 Å². The first-order chi connectivity index (χ1) is 6.61. The van der Waals surface area contributed by atoms with E-state index in [9.17, 15) is 9.59 Å². The predicted octanol–water partition coefficient (Wildman–Crippen LogP) is -0.881. The number of rotatable bonds is 3. The van der Waals surface area contributed by atoms with Gasteiger partial charge < -0.3 is 16.4 Å². The molecule has 5 heteroatoms. The number of piperidine rings is 1. The summed E-state index contributed by atoms with van der Waals surface area (Å²) < 4.78 is 0. The van der Waals surface area contributed by atoms with Gasteiger partial charge in [-0.3, -0.25) is 9.59 Å². The van der Waals surface area contributed by atoms with Crippen LogP contribution in [0, 0.1) is 0 Å². The van der Waals surface area contributed by atoms with Gasteiger partial charge in [0.05, 0.1) is 6.04 Å². The van der Waals surface area contributed by atoms with Crippen LogP contribution in [0.4, 0.5) is 0 Å². The molecule has 0 bridgehead atoms. The van der Waals surface area contributed by atoms with Crippen molar-refractivity contribution >= 4 is 11.8 Å². The molecule has 1 rings (SSSR count). The maximum Gasteiger partial charge on any atom is 0.239 e. The maximum atomic E-state index is 11.5. The fourth-order valence-electron chi connectivity index (χ4n) is 1.46. The Bertz CT molecular complexity index is 224. The summed E-state index contributed by atoms with van der Waals surface area (Å²) in [5.74, 6) is -0.634. The zero-order chi connectivity index (χ0) is 10.6. The smallest absolute Gasteiger partial charge is 0.239 e. The molecule has 0 unspecified atom stereocenters. The van der Waals surface area contributed by atoms with Gasteiger partial charge in [-0.25, -0.2) is 0 Å². The van der Waals surface area contributed by atoms with E-state index < -0.39 is 11.9 Å². The van der Waals surface area contributed by atoms with Crippen LogP contribution in [-0.2, 0) is 9.59 Å². The quantitative estimate of drug-likeness (QED) is 0.552. The van der Waals surface area contributed by atoms with Gasteiger partial charge in [-0.05, 0) is 26.3 Å². The van der Waals surface area contributed by atoms with Gasteiger partial charge in [0, 0.05) is 0 Å². The summed E-state index contributed by atoms with van der Waals surface area (Å²) in [6.45, 7) is 2.45. The van der Waals surface area contributed by atoms with Gasteiger partial charge >= 0.3 is 0 Å². The van der Waals surface area contributed by atoms with Crippen molar-refractivity contribution in [3.63, 3.8) is 0 Å². The minimum absolute atomic E-state index is 0.129. The fraction of sp³-hybridized carbons (Fsp3) is 0.778. The number of carbonyl (C=O) groups is 2. The van der Waals surface area contributed by atoms with Gasteiger partial charge in [0.25, 0.3) is 0 Å². The SMILES string of the molecule is C[C@@H](NC(=O)[C@H]1CCCCN1)C(N)=O. The highest BCUT2D eigenvalue weighted by Gasteiger charge is 2.22. The molecule has 5 nitrogen and oxygen atoms in total. The molecule has 1 aliphatic rings. The lowest BCUT2D eigenvalue weighted by Crippen LogP contribution is -2.51. The monoisotopic (exact) mass is 199 g/mol. The number of primary amides is 1. The molecule has 0 aromatic rings. The standard InChI is InChI=1S/C9H17N3O2/c1-6(8(10)13)12-9(14)7-4-2-3-5-11-7/h6-7,11H,2-5H2,1H3,(H2,10,13)(H,12,14)/t6-,7-/m1/s1. The molecule has 0 aromatic carbocycles. The molecule has 1 fully saturated rings. The minimum atomic E-state index is -0.591. The Hall–Kier alpha value is -1.10. The zero-order valence-electron chi connectivity index (χ0n) is 8.38. The van der Waals surface area contributed by atoms with Gasteiger partial charge in [0.15, 0.2) is 0 Å². The molecule has 0 radical (unpaired) electrons. The third-order valence-electron chi connectivity index (χ3n) is 2.41. The molecule has 2 amide bonds. The van der Waals surface area contributed by atoms with E-state index in [1.807, 2.05) is 0 Å². The lowest BCUT2D eigenvalue weighted by atomic mass is 10.0. The molecule has 2 atom stereocenters. The fourth-order valence-corrected chi connectivity index (χ4v) is 1.46. The van der Waals surface area contributed by atoms with E-state index in [2.05, 4.69) is 10.6 Å². The van der Waals surface area contributed by atoms with Gasteiger partial charge in [0.2, 0.25) is 11.8 Å². The average Bonchev–Trinajstić information content (AvgIpc) is 2.19. The molecule has 4 N–H and O–H groups in total. The first-order valence-corrected chi connectivity index (χ1v) is 4.94. The first-order valence-electron chi connectivity index (χ1n) is 4.94. The molecule has 80 valence electrons. The van der Waals surface area contributed by atoms with Crippen molar-refractivity contribution in [2.45, 2.75) is 38.3 Å². The van der Waals surface area contributed by atoms with E-state index >= 15 is 0 Å². The number of nitrogens with two attached hydrogens (primary N) is 1. The second-order valence-electron chi connectivity index (χ2n) is 3.64. The summed E-state index contributed by atoms with van der Waals surface area (Å²) in [5, 5.41) is 5.67. The summed E-state index contributed by atoms with van der Waals surface area (Å²) in [6, 6.07) is -0.753. The van der Waals surface area contributed by atoms with Crippen LogP contribution in [0.15, 0.2) is 0 Å². The number of nitrogens with one attached hydrogen (secondary N) is 2. The highest BCUT2D eigenvalue weighted by Crippen LogP contribution is 2.06. The Morgan fingerprint density at radius 2 is 2.21 bits per heavy atom. The van der Waals surface area contributed by atoms with Gasteiger partial charge in [-0.2, -0.15) is 0 Å². The van der Waals surface area contributed by atoms with Crippen LogP contribution in [0.2, 0.25) is 0 Å². The summed E-state index contributed by atoms with van der Waals surface area (Å²) >= 11 is 0. The molecule has 0 saturated carbocycles. The van der Waals surface area contributed by atoms with E-state index in [1.54, 1.807) is 6.92 Å². The van der Waals surface area contributed by atoms with E-state index in [1.165, 1.54) is 0 Å². The molecule has 1 aliphatic heterocycles. The van der Waals surface area contributed by atoms with Crippen molar-refractivity contribution in [2.75, 3.05) is 6.54 Å². The van der Waals surface area contributed by atoms with Crippen LogP contribution in [-0.4, -0.2) is 30.4 Å². The van der Waals surface area contributed by atoms with Gasteiger partial charge in [-0.1, -0.05) is 6.42 Å². The van der Waals surface area contributed by atoms with E-state index in [4.69, 9.17) is 5.73 Å². The first kappa shape index (κ1) is 11.0. The second kappa shape index (κ2) is 4.95. The number of hydrogen-bond donors (Lipinski definition) is 3. The molecular weight excluding hydrogens is 182 g/mol. The number of hydrogen-bond acceptors (Lipinski definition) is 3.